The number of carboxylic acid groups (broad SMARTS) is 1. The van der Waals surface area contributed by atoms with Gasteiger partial charge in [-0.3, -0.25) is 14.4 Å². The van der Waals surface area contributed by atoms with Crippen LogP contribution in [0.4, 0.5) is 0 Å². The second-order valence-electron chi connectivity index (χ2n) is 10.9. The van der Waals surface area contributed by atoms with Gasteiger partial charge in [-0.15, -0.1) is 0 Å². The smallest absolute Gasteiger partial charge is 0.305 e. The molecule has 1 aliphatic heterocycles. The number of ketones is 1. The number of aryl methyl sites for hydroxylation is 1. The minimum Gasteiger partial charge on any atom is -0.493 e. The summed E-state index contributed by atoms with van der Waals surface area (Å²) in [5.41, 5.74) is 2.89. The fourth-order valence-electron chi connectivity index (χ4n) is 5.81. The maximum absolute atomic E-state index is 13.3. The van der Waals surface area contributed by atoms with Gasteiger partial charge in [0.25, 0.3) is 0 Å². The van der Waals surface area contributed by atoms with Crippen molar-refractivity contribution in [1.82, 2.24) is 0 Å². The molecule has 1 unspecified atom stereocenters. The highest BCUT2D eigenvalue weighted by atomic mass is 16.5. The summed E-state index contributed by atoms with van der Waals surface area (Å²) in [6.45, 7) is 5.00. The Morgan fingerprint density at radius 1 is 0.976 bits per heavy atom. The molecule has 0 saturated carbocycles. The predicted octanol–water partition coefficient (Wildman–Crippen LogP) is 6.28. The fourth-order valence-corrected chi connectivity index (χ4v) is 5.81. The minimum absolute atomic E-state index is 0.0129. The predicted molar refractivity (Wildman–Crippen MR) is 154 cm³/mol. The van der Waals surface area contributed by atoms with Crippen LogP contribution in [0.2, 0.25) is 0 Å². The molecule has 8 nitrogen and oxygen atoms in total. The Balaban J connectivity index is 1.46. The van der Waals surface area contributed by atoms with E-state index >= 15 is 0 Å². The summed E-state index contributed by atoms with van der Waals surface area (Å²) < 4.78 is 23.9. The van der Waals surface area contributed by atoms with E-state index < -0.39 is 17.5 Å². The zero-order valence-corrected chi connectivity index (χ0v) is 24.3. The molecule has 0 radical (unpaired) electrons. The Morgan fingerprint density at radius 3 is 2.49 bits per heavy atom. The summed E-state index contributed by atoms with van der Waals surface area (Å²) in [5.74, 6) is 0.565. The second kappa shape index (κ2) is 14.4. The van der Waals surface area contributed by atoms with E-state index in [0.29, 0.717) is 43.1 Å². The Bertz CT molecular complexity index is 1240. The van der Waals surface area contributed by atoms with Crippen LogP contribution in [0, 0.1) is 0 Å². The number of hydrogen-bond donors (Lipinski definition) is 1. The van der Waals surface area contributed by atoms with Crippen LogP contribution < -0.4 is 14.2 Å². The number of rotatable bonds is 15. The van der Waals surface area contributed by atoms with Crippen LogP contribution in [0.15, 0.2) is 30.3 Å². The van der Waals surface area contributed by atoms with Gasteiger partial charge in [-0.05, 0) is 81.2 Å². The molecule has 1 heterocycles. The van der Waals surface area contributed by atoms with Crippen LogP contribution in [0.25, 0.3) is 0 Å². The number of Topliss-reactive ketones (excluding diaryl/α,β-unsaturated/α-hetero) is 1. The summed E-state index contributed by atoms with van der Waals surface area (Å²) in [6.07, 6.45) is 6.91. The van der Waals surface area contributed by atoms with Gasteiger partial charge in [-0.1, -0.05) is 25.5 Å². The summed E-state index contributed by atoms with van der Waals surface area (Å²) in [5, 5.41) is 9.37. The molecule has 0 amide bonds. The van der Waals surface area contributed by atoms with E-state index in [1.807, 2.05) is 19.1 Å². The van der Waals surface area contributed by atoms with Crippen LogP contribution in [0.1, 0.15) is 98.7 Å². The maximum atomic E-state index is 13.3. The highest BCUT2D eigenvalue weighted by Gasteiger charge is 2.42. The third-order valence-electron chi connectivity index (χ3n) is 7.86. The van der Waals surface area contributed by atoms with Crippen molar-refractivity contribution in [2.45, 2.75) is 96.5 Å². The molecule has 0 aromatic heterocycles. The van der Waals surface area contributed by atoms with Crippen LogP contribution in [-0.2, 0) is 33.6 Å². The number of carbonyl (C=O) groups is 3. The molecule has 0 spiro atoms. The molecule has 0 saturated heterocycles. The lowest BCUT2D eigenvalue weighted by Crippen LogP contribution is -2.43. The maximum Gasteiger partial charge on any atom is 0.305 e. The number of ether oxygens (including phenoxy) is 4. The number of fused-ring (bicyclic) bond motifs is 2. The lowest BCUT2D eigenvalue weighted by Gasteiger charge is -2.39. The largest absolute Gasteiger partial charge is 0.493 e. The van der Waals surface area contributed by atoms with Gasteiger partial charge in [0, 0.05) is 24.8 Å². The number of esters is 1. The molecular formula is C33H42O8. The molecule has 2 aliphatic rings. The van der Waals surface area contributed by atoms with Crippen molar-refractivity contribution >= 4 is 17.7 Å². The van der Waals surface area contributed by atoms with Crippen LogP contribution >= 0.6 is 0 Å². The molecule has 8 heteroatoms. The standard InChI is InChI=1S/C33H42O8/c1-3-9-26-29(40-21-8-20-39-28-13-7-11-23-10-5-6-12-24(23)28)15-14-25-27(34)22-33(41-32(25)26,18-16-30(35)36)19-17-31(37)38-4-2/h7,11,13-15H,3-6,8-10,12,16-22H2,1-2H3,(H,35,36). The molecule has 1 atom stereocenters. The van der Waals surface area contributed by atoms with E-state index in [4.69, 9.17) is 18.9 Å². The minimum atomic E-state index is -1.10. The first kappa shape index (κ1) is 30.4. The van der Waals surface area contributed by atoms with Crippen molar-refractivity contribution in [3.63, 3.8) is 0 Å². The average molecular weight is 567 g/mol. The van der Waals surface area contributed by atoms with E-state index in [9.17, 15) is 19.5 Å². The molecule has 1 aliphatic carbocycles. The van der Waals surface area contributed by atoms with Crippen LogP contribution in [0.5, 0.6) is 17.2 Å². The van der Waals surface area contributed by atoms with Crippen molar-refractivity contribution in [2.24, 2.45) is 0 Å². The Morgan fingerprint density at radius 2 is 1.73 bits per heavy atom. The van der Waals surface area contributed by atoms with Gasteiger partial charge in [0.15, 0.2) is 5.78 Å². The zero-order chi connectivity index (χ0) is 29.2. The molecule has 0 fully saturated rings. The van der Waals surface area contributed by atoms with E-state index in [1.54, 1.807) is 13.0 Å². The molecule has 4 rings (SSSR count). The Labute approximate surface area is 242 Å². The van der Waals surface area contributed by atoms with Crippen LogP contribution in [0.3, 0.4) is 0 Å². The van der Waals surface area contributed by atoms with Gasteiger partial charge in [0.1, 0.15) is 22.8 Å². The van der Waals surface area contributed by atoms with E-state index in [0.717, 1.165) is 30.6 Å². The molecule has 222 valence electrons. The van der Waals surface area contributed by atoms with Crippen molar-refractivity contribution in [2.75, 3.05) is 19.8 Å². The number of hydrogen-bond acceptors (Lipinski definition) is 7. The summed E-state index contributed by atoms with van der Waals surface area (Å²) in [6, 6.07) is 9.84. The molecule has 41 heavy (non-hydrogen) atoms. The SMILES string of the molecule is CCCc1c(OCCCOc2cccc3c2CCCC3)ccc2c1OC(CCC(=O)O)(CCC(=O)OCC)CC2=O. The summed E-state index contributed by atoms with van der Waals surface area (Å²) in [7, 11) is 0. The Kier molecular flexibility index (Phi) is 10.7. The van der Waals surface area contributed by atoms with Gasteiger partial charge >= 0.3 is 11.9 Å². The highest BCUT2D eigenvalue weighted by Crippen LogP contribution is 2.44. The molecule has 2 aromatic rings. The first-order valence-corrected chi connectivity index (χ1v) is 15.0. The van der Waals surface area contributed by atoms with Gasteiger partial charge in [-0.2, -0.15) is 0 Å². The van der Waals surface area contributed by atoms with Crippen molar-refractivity contribution < 1.29 is 38.4 Å². The van der Waals surface area contributed by atoms with Gasteiger partial charge in [0.2, 0.25) is 0 Å². The normalized spacial score (nSPS) is 17.7. The van der Waals surface area contributed by atoms with Gasteiger partial charge < -0.3 is 24.1 Å². The number of benzene rings is 2. The number of aliphatic carboxylic acids is 1. The zero-order valence-electron chi connectivity index (χ0n) is 24.3. The highest BCUT2D eigenvalue weighted by molar-refractivity contribution is 6.01. The first-order chi connectivity index (χ1) is 19.9. The van der Waals surface area contributed by atoms with E-state index in [2.05, 4.69) is 12.1 Å². The van der Waals surface area contributed by atoms with Gasteiger partial charge in [-0.25, -0.2) is 0 Å². The van der Waals surface area contributed by atoms with Crippen molar-refractivity contribution in [1.29, 1.82) is 0 Å². The first-order valence-electron chi connectivity index (χ1n) is 15.0. The molecule has 0 bridgehead atoms. The molecule has 2 aromatic carbocycles. The van der Waals surface area contributed by atoms with E-state index in [1.165, 1.54) is 24.0 Å². The fraction of sp³-hybridized carbons (Fsp3) is 0.545. The summed E-state index contributed by atoms with van der Waals surface area (Å²) in [4.78, 5) is 36.9. The molecular weight excluding hydrogens is 524 g/mol. The number of carboxylic acids is 1. The lowest BCUT2D eigenvalue weighted by molar-refractivity contribution is -0.144. The van der Waals surface area contributed by atoms with Crippen molar-refractivity contribution in [3.8, 4) is 17.2 Å². The van der Waals surface area contributed by atoms with E-state index in [-0.39, 0.29) is 44.5 Å². The topological polar surface area (TPSA) is 108 Å². The van der Waals surface area contributed by atoms with Gasteiger partial charge in [0.05, 0.1) is 31.8 Å². The average Bonchev–Trinajstić information content (AvgIpc) is 2.96. The van der Waals surface area contributed by atoms with Crippen molar-refractivity contribution in [3.05, 3.63) is 52.6 Å². The third-order valence-corrected chi connectivity index (χ3v) is 7.86. The monoisotopic (exact) mass is 566 g/mol. The quantitative estimate of drug-likeness (QED) is 0.198. The molecule has 1 N–H and O–H groups in total. The van der Waals surface area contributed by atoms with Crippen LogP contribution in [-0.4, -0.2) is 48.3 Å². The Hall–Kier alpha value is -3.55. The summed E-state index contributed by atoms with van der Waals surface area (Å²) >= 11 is 0. The second-order valence-corrected chi connectivity index (χ2v) is 10.9. The lowest BCUT2D eigenvalue weighted by atomic mass is 9.82. The third kappa shape index (κ3) is 7.80. The number of carbonyl (C=O) groups excluding carboxylic acids is 2.